The SMILES string of the molecule is Cc1cccc(NC(=O)NN2C[C@@H](N3CCCCCC3)c3ccccc3[C@@H](C)C2=O)c1. The summed E-state index contributed by atoms with van der Waals surface area (Å²) in [5.74, 6) is -0.392. The minimum atomic E-state index is -0.397. The maximum Gasteiger partial charge on any atom is 0.338 e. The van der Waals surface area contributed by atoms with Gasteiger partial charge in [-0.1, -0.05) is 49.2 Å². The molecule has 0 saturated carbocycles. The summed E-state index contributed by atoms with van der Waals surface area (Å²) in [5.41, 5.74) is 6.87. The molecule has 2 atom stereocenters. The average molecular weight is 421 g/mol. The van der Waals surface area contributed by atoms with Gasteiger partial charge in [-0.2, -0.15) is 0 Å². The van der Waals surface area contributed by atoms with E-state index in [-0.39, 0.29) is 17.9 Å². The van der Waals surface area contributed by atoms with Crippen LogP contribution >= 0.6 is 0 Å². The Balaban J connectivity index is 1.58. The Morgan fingerprint density at radius 1 is 0.968 bits per heavy atom. The van der Waals surface area contributed by atoms with Gasteiger partial charge in [-0.3, -0.25) is 14.7 Å². The number of urea groups is 1. The lowest BCUT2D eigenvalue weighted by Gasteiger charge is -2.34. The number of carbonyl (C=O) groups excluding carboxylic acids is 2. The summed E-state index contributed by atoms with van der Waals surface area (Å²) in [6.07, 6.45) is 4.84. The molecule has 164 valence electrons. The van der Waals surface area contributed by atoms with Crippen molar-refractivity contribution in [3.63, 3.8) is 0 Å². The lowest BCUT2D eigenvalue weighted by molar-refractivity contribution is -0.135. The highest BCUT2D eigenvalue weighted by atomic mass is 16.2. The molecule has 2 aromatic carbocycles. The third-order valence-corrected chi connectivity index (χ3v) is 6.41. The summed E-state index contributed by atoms with van der Waals surface area (Å²) in [7, 11) is 0. The van der Waals surface area contributed by atoms with E-state index < -0.39 is 6.03 Å². The van der Waals surface area contributed by atoms with E-state index in [4.69, 9.17) is 0 Å². The van der Waals surface area contributed by atoms with Crippen molar-refractivity contribution < 1.29 is 9.59 Å². The van der Waals surface area contributed by atoms with Crippen LogP contribution in [0.1, 0.15) is 61.3 Å². The smallest absolute Gasteiger partial charge is 0.307 e. The first kappa shape index (κ1) is 21.4. The fourth-order valence-corrected chi connectivity index (χ4v) is 4.76. The normalized spacial score (nSPS) is 22.3. The second kappa shape index (κ2) is 9.52. The average Bonchev–Trinajstić information content (AvgIpc) is 3.09. The second-order valence-electron chi connectivity index (χ2n) is 8.70. The van der Waals surface area contributed by atoms with Gasteiger partial charge in [0.05, 0.1) is 18.5 Å². The van der Waals surface area contributed by atoms with Crippen molar-refractivity contribution in [1.82, 2.24) is 15.3 Å². The summed E-state index contributed by atoms with van der Waals surface area (Å²) in [4.78, 5) is 28.5. The van der Waals surface area contributed by atoms with Crippen molar-refractivity contribution in [3.05, 3.63) is 65.2 Å². The highest BCUT2D eigenvalue weighted by molar-refractivity contribution is 5.92. The van der Waals surface area contributed by atoms with E-state index in [1.165, 1.54) is 36.3 Å². The zero-order valence-corrected chi connectivity index (χ0v) is 18.4. The highest BCUT2D eigenvalue weighted by Crippen LogP contribution is 2.35. The number of fused-ring (bicyclic) bond motifs is 1. The van der Waals surface area contributed by atoms with Crippen LogP contribution in [-0.2, 0) is 4.79 Å². The number of carbonyl (C=O) groups is 2. The number of aryl methyl sites for hydroxylation is 1. The first-order valence-corrected chi connectivity index (χ1v) is 11.3. The predicted octanol–water partition coefficient (Wildman–Crippen LogP) is 4.59. The highest BCUT2D eigenvalue weighted by Gasteiger charge is 2.36. The quantitative estimate of drug-likeness (QED) is 0.763. The van der Waals surface area contributed by atoms with Gasteiger partial charge in [0, 0.05) is 5.69 Å². The van der Waals surface area contributed by atoms with Gasteiger partial charge in [-0.05, 0) is 68.6 Å². The number of hydrazine groups is 1. The molecule has 1 saturated heterocycles. The van der Waals surface area contributed by atoms with E-state index in [0.29, 0.717) is 12.2 Å². The molecule has 6 nitrogen and oxygen atoms in total. The van der Waals surface area contributed by atoms with E-state index in [0.717, 1.165) is 24.2 Å². The van der Waals surface area contributed by atoms with Gasteiger partial charge in [0.1, 0.15) is 0 Å². The fraction of sp³-hybridized carbons (Fsp3) is 0.440. The summed E-state index contributed by atoms with van der Waals surface area (Å²) < 4.78 is 0. The molecule has 3 amide bonds. The van der Waals surface area contributed by atoms with Crippen LogP contribution in [0.3, 0.4) is 0 Å². The van der Waals surface area contributed by atoms with Crippen LogP contribution in [-0.4, -0.2) is 41.5 Å². The standard InChI is InChI=1S/C25H32N4O2/c1-18-10-9-11-20(16-18)26-25(31)27-29-17-23(28-14-7-3-4-8-15-28)22-13-6-5-12-21(22)19(2)24(29)30/h5-6,9-13,16,19,23H,3-4,7-8,14-15,17H2,1-2H3,(H2,26,27,31)/t19-,23-/m1/s1. The lowest BCUT2D eigenvalue weighted by atomic mass is 9.92. The van der Waals surface area contributed by atoms with Crippen LogP contribution in [0, 0.1) is 6.92 Å². The number of anilines is 1. The molecule has 2 aromatic rings. The molecule has 0 aromatic heterocycles. The lowest BCUT2D eigenvalue weighted by Crippen LogP contribution is -2.51. The zero-order valence-electron chi connectivity index (χ0n) is 18.4. The number of hydrogen-bond acceptors (Lipinski definition) is 3. The molecule has 2 heterocycles. The van der Waals surface area contributed by atoms with Gasteiger partial charge >= 0.3 is 6.03 Å². The topological polar surface area (TPSA) is 64.7 Å². The minimum absolute atomic E-state index is 0.0717. The van der Waals surface area contributed by atoms with Crippen molar-refractivity contribution in [2.75, 3.05) is 25.0 Å². The van der Waals surface area contributed by atoms with Crippen molar-refractivity contribution in [2.45, 2.75) is 51.5 Å². The van der Waals surface area contributed by atoms with Gasteiger partial charge in [0.2, 0.25) is 5.91 Å². The number of benzene rings is 2. The molecule has 0 bridgehead atoms. The van der Waals surface area contributed by atoms with E-state index in [1.54, 1.807) is 0 Å². The molecular formula is C25H32N4O2. The summed E-state index contributed by atoms with van der Waals surface area (Å²) >= 11 is 0. The van der Waals surface area contributed by atoms with E-state index in [1.807, 2.05) is 50.2 Å². The largest absolute Gasteiger partial charge is 0.338 e. The second-order valence-corrected chi connectivity index (χ2v) is 8.70. The molecule has 6 heteroatoms. The fourth-order valence-electron chi connectivity index (χ4n) is 4.76. The van der Waals surface area contributed by atoms with Crippen LogP contribution in [0.15, 0.2) is 48.5 Å². The molecular weight excluding hydrogens is 388 g/mol. The number of nitrogens with one attached hydrogen (secondary N) is 2. The first-order valence-electron chi connectivity index (χ1n) is 11.3. The molecule has 0 radical (unpaired) electrons. The molecule has 0 unspecified atom stereocenters. The van der Waals surface area contributed by atoms with Crippen molar-refractivity contribution in [2.24, 2.45) is 0 Å². The van der Waals surface area contributed by atoms with Crippen LogP contribution in [0.2, 0.25) is 0 Å². The van der Waals surface area contributed by atoms with E-state index in [9.17, 15) is 9.59 Å². The molecule has 0 spiro atoms. The Labute approximate surface area is 184 Å². The minimum Gasteiger partial charge on any atom is -0.307 e. The maximum atomic E-state index is 13.3. The zero-order chi connectivity index (χ0) is 21.8. The molecule has 0 aliphatic carbocycles. The number of amides is 3. The molecule has 1 fully saturated rings. The van der Waals surface area contributed by atoms with Gasteiger partial charge in [-0.25, -0.2) is 10.2 Å². The summed E-state index contributed by atoms with van der Waals surface area (Å²) in [6, 6.07) is 15.5. The van der Waals surface area contributed by atoms with Crippen LogP contribution in [0.5, 0.6) is 0 Å². The summed E-state index contributed by atoms with van der Waals surface area (Å²) in [5, 5.41) is 4.37. The predicted molar refractivity (Wildman–Crippen MR) is 123 cm³/mol. The Kier molecular flexibility index (Phi) is 6.56. The molecule has 2 N–H and O–H groups in total. The van der Waals surface area contributed by atoms with Crippen molar-refractivity contribution in [3.8, 4) is 0 Å². The molecule has 4 rings (SSSR count). The Morgan fingerprint density at radius 2 is 1.68 bits per heavy atom. The molecule has 31 heavy (non-hydrogen) atoms. The summed E-state index contributed by atoms with van der Waals surface area (Å²) in [6.45, 7) is 6.39. The van der Waals surface area contributed by atoms with Crippen LogP contribution < -0.4 is 10.7 Å². The van der Waals surface area contributed by atoms with Gasteiger partial charge in [0.25, 0.3) is 0 Å². The molecule has 2 aliphatic heterocycles. The van der Waals surface area contributed by atoms with E-state index >= 15 is 0 Å². The first-order chi connectivity index (χ1) is 15.0. The third-order valence-electron chi connectivity index (χ3n) is 6.41. The Hall–Kier alpha value is -2.86. The third kappa shape index (κ3) is 4.90. The Morgan fingerprint density at radius 3 is 2.39 bits per heavy atom. The van der Waals surface area contributed by atoms with Gasteiger partial charge in [-0.15, -0.1) is 0 Å². The maximum absolute atomic E-state index is 13.3. The van der Waals surface area contributed by atoms with Crippen LogP contribution in [0.4, 0.5) is 10.5 Å². The number of rotatable bonds is 3. The van der Waals surface area contributed by atoms with Crippen molar-refractivity contribution in [1.29, 1.82) is 0 Å². The number of nitrogens with zero attached hydrogens (tertiary/aromatic N) is 2. The van der Waals surface area contributed by atoms with Crippen molar-refractivity contribution >= 4 is 17.6 Å². The number of hydrogen-bond donors (Lipinski definition) is 2. The van der Waals surface area contributed by atoms with Gasteiger partial charge < -0.3 is 5.32 Å². The van der Waals surface area contributed by atoms with E-state index in [2.05, 4.69) is 27.8 Å². The van der Waals surface area contributed by atoms with Crippen LogP contribution in [0.25, 0.3) is 0 Å². The monoisotopic (exact) mass is 420 g/mol. The van der Waals surface area contributed by atoms with Gasteiger partial charge in [0.15, 0.2) is 0 Å². The number of likely N-dealkylation sites (tertiary alicyclic amines) is 1. The Bertz CT molecular complexity index is 937. The molecule has 2 aliphatic rings.